The van der Waals surface area contributed by atoms with Crippen LogP contribution in [0.5, 0.6) is 5.75 Å². The van der Waals surface area contributed by atoms with Crippen LogP contribution in [0.1, 0.15) is 18.9 Å². The zero-order valence-electron chi connectivity index (χ0n) is 10.4. The number of aryl methyl sites for hydroxylation is 1. The molecule has 0 bridgehead atoms. The number of carbonyl (C=O) groups is 1. The van der Waals surface area contributed by atoms with Gasteiger partial charge in [0.25, 0.3) is 0 Å². The van der Waals surface area contributed by atoms with Crippen LogP contribution in [0, 0.1) is 6.92 Å². The van der Waals surface area contributed by atoms with E-state index in [9.17, 15) is 4.79 Å². The van der Waals surface area contributed by atoms with Crippen LogP contribution >= 0.6 is 0 Å². The molecule has 3 N–H and O–H groups in total. The lowest BCUT2D eigenvalue weighted by Gasteiger charge is -2.16. The highest BCUT2D eigenvalue weighted by molar-refractivity contribution is 5.80. The Kier molecular flexibility index (Phi) is 5.49. The van der Waals surface area contributed by atoms with E-state index < -0.39 is 6.04 Å². The Labute approximate surface area is 102 Å². The van der Waals surface area contributed by atoms with Gasteiger partial charge in [-0.2, -0.15) is 0 Å². The molecule has 4 heteroatoms. The maximum atomic E-state index is 11.2. The highest BCUT2D eigenvalue weighted by atomic mass is 16.5. The van der Waals surface area contributed by atoms with Crippen LogP contribution in [0.15, 0.2) is 24.3 Å². The van der Waals surface area contributed by atoms with E-state index >= 15 is 0 Å². The molecular weight excluding hydrogens is 216 g/mol. The number of hydrogen-bond donors (Lipinski definition) is 2. The Balaban J connectivity index is 2.52. The minimum absolute atomic E-state index is 0.264. The van der Waals surface area contributed by atoms with Gasteiger partial charge in [-0.15, -0.1) is 0 Å². The molecule has 0 aliphatic heterocycles. The summed E-state index contributed by atoms with van der Waals surface area (Å²) in [6, 6.07) is 7.26. The number of nitrogens with one attached hydrogen (secondary N) is 1. The van der Waals surface area contributed by atoms with Crippen LogP contribution in [-0.2, 0) is 4.79 Å². The minimum Gasteiger partial charge on any atom is -0.491 e. The fraction of sp³-hybridized carbons (Fsp3) is 0.462. The number of para-hydroxylation sites is 1. The first-order valence-corrected chi connectivity index (χ1v) is 5.86. The molecule has 94 valence electrons. The second kappa shape index (κ2) is 6.91. The molecule has 0 saturated carbocycles. The summed E-state index contributed by atoms with van der Waals surface area (Å²) in [7, 11) is 0. The van der Waals surface area contributed by atoms with Crippen molar-refractivity contribution in [2.24, 2.45) is 5.73 Å². The molecule has 0 heterocycles. The summed E-state index contributed by atoms with van der Waals surface area (Å²) in [5.41, 5.74) is 6.35. The van der Waals surface area contributed by atoms with Gasteiger partial charge in [0.05, 0.1) is 0 Å². The van der Waals surface area contributed by atoms with Gasteiger partial charge in [-0.05, 0) is 31.5 Å². The molecule has 0 aliphatic carbocycles. The number of amides is 1. The van der Waals surface area contributed by atoms with Crippen LogP contribution < -0.4 is 15.8 Å². The predicted octanol–water partition coefficient (Wildman–Crippen LogP) is 1.23. The first-order valence-electron chi connectivity index (χ1n) is 5.86. The van der Waals surface area contributed by atoms with E-state index in [1.807, 2.05) is 38.1 Å². The van der Waals surface area contributed by atoms with Crippen LogP contribution in [0.2, 0.25) is 0 Å². The summed E-state index contributed by atoms with van der Waals surface area (Å²) in [6.45, 7) is 5.02. The maximum absolute atomic E-state index is 11.2. The molecule has 1 unspecified atom stereocenters. The first kappa shape index (κ1) is 13.5. The smallest absolute Gasteiger partial charge is 0.238 e. The minimum atomic E-state index is -0.436. The zero-order valence-corrected chi connectivity index (χ0v) is 10.4. The molecule has 0 aromatic heterocycles. The number of hydrogen-bond acceptors (Lipinski definition) is 3. The van der Waals surface area contributed by atoms with Crippen molar-refractivity contribution in [3.05, 3.63) is 29.8 Å². The number of nitrogens with two attached hydrogens (primary N) is 1. The lowest BCUT2D eigenvalue weighted by molar-refractivity contribution is -0.120. The summed E-state index contributed by atoms with van der Waals surface area (Å²) in [4.78, 5) is 11.2. The van der Waals surface area contributed by atoms with E-state index in [2.05, 4.69) is 5.32 Å². The van der Waals surface area contributed by atoms with Crippen molar-refractivity contribution in [1.82, 2.24) is 5.32 Å². The van der Waals surface area contributed by atoms with E-state index in [4.69, 9.17) is 10.5 Å². The Hall–Kier alpha value is -1.55. The molecule has 4 nitrogen and oxygen atoms in total. The fourth-order valence-corrected chi connectivity index (χ4v) is 1.45. The molecule has 0 fully saturated rings. The van der Waals surface area contributed by atoms with Crippen molar-refractivity contribution >= 4 is 5.91 Å². The molecule has 17 heavy (non-hydrogen) atoms. The standard InChI is InChI=1S/C13H20N2O2/c1-3-8-15-11(13(14)16)9-17-12-7-5-4-6-10(12)2/h4-7,11,15H,3,8-9H2,1-2H3,(H2,14,16). The Morgan fingerprint density at radius 2 is 2.18 bits per heavy atom. The van der Waals surface area contributed by atoms with Gasteiger partial charge in [0.1, 0.15) is 18.4 Å². The van der Waals surface area contributed by atoms with Gasteiger partial charge in [-0.3, -0.25) is 4.79 Å². The maximum Gasteiger partial charge on any atom is 0.238 e. The lowest BCUT2D eigenvalue weighted by Crippen LogP contribution is -2.45. The summed E-state index contributed by atoms with van der Waals surface area (Å²) in [5, 5.41) is 3.06. The van der Waals surface area contributed by atoms with Crippen LogP contribution in [0.25, 0.3) is 0 Å². The van der Waals surface area contributed by atoms with Crippen LogP contribution in [-0.4, -0.2) is 25.1 Å². The molecular formula is C13H20N2O2. The third-order valence-electron chi connectivity index (χ3n) is 2.48. The molecule has 1 amide bonds. The molecule has 0 spiro atoms. The average Bonchev–Trinajstić information content (AvgIpc) is 2.31. The Morgan fingerprint density at radius 1 is 1.47 bits per heavy atom. The highest BCUT2D eigenvalue weighted by Crippen LogP contribution is 2.16. The van der Waals surface area contributed by atoms with Crippen LogP contribution in [0.3, 0.4) is 0 Å². The Bertz CT molecular complexity index is 366. The monoisotopic (exact) mass is 236 g/mol. The van der Waals surface area contributed by atoms with E-state index in [0.717, 1.165) is 24.3 Å². The fourth-order valence-electron chi connectivity index (χ4n) is 1.45. The van der Waals surface area contributed by atoms with Crippen molar-refractivity contribution < 1.29 is 9.53 Å². The van der Waals surface area contributed by atoms with Crippen molar-refractivity contribution in [2.75, 3.05) is 13.2 Å². The largest absolute Gasteiger partial charge is 0.491 e. The van der Waals surface area contributed by atoms with Crippen molar-refractivity contribution in [2.45, 2.75) is 26.3 Å². The average molecular weight is 236 g/mol. The number of carbonyl (C=O) groups excluding carboxylic acids is 1. The van der Waals surface area contributed by atoms with Crippen molar-refractivity contribution in [3.63, 3.8) is 0 Å². The SMILES string of the molecule is CCCNC(COc1ccccc1C)C(N)=O. The summed E-state index contributed by atoms with van der Waals surface area (Å²) in [6.07, 6.45) is 0.953. The number of benzene rings is 1. The quantitative estimate of drug-likeness (QED) is 0.748. The highest BCUT2D eigenvalue weighted by Gasteiger charge is 2.15. The number of primary amides is 1. The molecule has 1 aromatic carbocycles. The third-order valence-corrected chi connectivity index (χ3v) is 2.48. The van der Waals surface area contributed by atoms with Gasteiger partial charge in [0, 0.05) is 0 Å². The van der Waals surface area contributed by atoms with Gasteiger partial charge in [0.2, 0.25) is 5.91 Å². The summed E-state index contributed by atoms with van der Waals surface area (Å²) in [5.74, 6) is 0.407. The molecule has 0 aliphatic rings. The van der Waals surface area contributed by atoms with Crippen LogP contribution in [0.4, 0.5) is 0 Å². The third kappa shape index (κ3) is 4.44. The molecule has 0 radical (unpaired) electrons. The van der Waals surface area contributed by atoms with Gasteiger partial charge >= 0.3 is 0 Å². The van der Waals surface area contributed by atoms with Crippen molar-refractivity contribution in [3.8, 4) is 5.75 Å². The second-order valence-corrected chi connectivity index (χ2v) is 3.99. The summed E-state index contributed by atoms with van der Waals surface area (Å²) < 4.78 is 5.59. The van der Waals surface area contributed by atoms with E-state index in [0.29, 0.717) is 0 Å². The Morgan fingerprint density at radius 3 is 2.76 bits per heavy atom. The predicted molar refractivity (Wildman–Crippen MR) is 68.0 cm³/mol. The van der Waals surface area contributed by atoms with E-state index in [1.165, 1.54) is 0 Å². The molecule has 1 rings (SSSR count). The molecule has 0 saturated heterocycles. The van der Waals surface area contributed by atoms with E-state index in [1.54, 1.807) is 0 Å². The molecule has 1 atom stereocenters. The topological polar surface area (TPSA) is 64.3 Å². The van der Waals surface area contributed by atoms with Gasteiger partial charge in [-0.25, -0.2) is 0 Å². The number of ether oxygens (including phenoxy) is 1. The van der Waals surface area contributed by atoms with Gasteiger partial charge < -0.3 is 15.8 Å². The van der Waals surface area contributed by atoms with Crippen molar-refractivity contribution in [1.29, 1.82) is 0 Å². The van der Waals surface area contributed by atoms with E-state index in [-0.39, 0.29) is 12.5 Å². The van der Waals surface area contributed by atoms with Gasteiger partial charge in [0.15, 0.2) is 0 Å². The second-order valence-electron chi connectivity index (χ2n) is 3.99. The first-order chi connectivity index (χ1) is 8.15. The lowest BCUT2D eigenvalue weighted by atomic mass is 10.2. The normalized spacial score (nSPS) is 12.1. The molecule has 1 aromatic rings. The summed E-state index contributed by atoms with van der Waals surface area (Å²) >= 11 is 0. The zero-order chi connectivity index (χ0) is 12.7. The number of rotatable bonds is 7. The van der Waals surface area contributed by atoms with Gasteiger partial charge in [-0.1, -0.05) is 25.1 Å².